The monoisotopic (exact) mass is 245 g/mol. The molecule has 0 spiro atoms. The number of benzene rings is 1. The molecule has 3 rings (SSSR count). The first kappa shape index (κ1) is 11.5. The third-order valence-corrected chi connectivity index (χ3v) is 3.72. The number of aliphatic hydroxyl groups excluding tert-OH is 1. The molecular formula is C15H19NO2. The van der Waals surface area contributed by atoms with Crippen LogP contribution in [0.5, 0.6) is 5.75 Å². The van der Waals surface area contributed by atoms with Crippen LogP contribution in [0.4, 0.5) is 0 Å². The highest BCUT2D eigenvalue weighted by Crippen LogP contribution is 2.41. The molecule has 0 aliphatic carbocycles. The molecule has 1 saturated heterocycles. The van der Waals surface area contributed by atoms with Crippen LogP contribution in [-0.2, 0) is 0 Å². The van der Waals surface area contributed by atoms with E-state index in [1.807, 2.05) is 38.1 Å². The minimum absolute atomic E-state index is 0.350. The number of fused-ring (bicyclic) bond motifs is 1. The third-order valence-electron chi connectivity index (χ3n) is 3.72. The predicted molar refractivity (Wildman–Crippen MR) is 71.5 cm³/mol. The summed E-state index contributed by atoms with van der Waals surface area (Å²) in [4.78, 5) is 2.28. The molecule has 0 amide bonds. The van der Waals surface area contributed by atoms with Gasteiger partial charge in [0.15, 0.2) is 11.4 Å². The van der Waals surface area contributed by atoms with E-state index in [-0.39, 0.29) is 0 Å². The van der Waals surface area contributed by atoms with Crippen molar-refractivity contribution in [1.82, 2.24) is 4.90 Å². The first-order valence-corrected chi connectivity index (χ1v) is 6.57. The maximum atomic E-state index is 10.5. The van der Waals surface area contributed by atoms with Gasteiger partial charge in [0.1, 0.15) is 5.75 Å². The van der Waals surface area contributed by atoms with E-state index >= 15 is 0 Å². The van der Waals surface area contributed by atoms with Gasteiger partial charge in [0, 0.05) is 18.7 Å². The van der Waals surface area contributed by atoms with Crippen molar-refractivity contribution >= 4 is 5.70 Å². The van der Waals surface area contributed by atoms with Crippen LogP contribution in [0.15, 0.2) is 30.0 Å². The zero-order valence-corrected chi connectivity index (χ0v) is 10.9. The Morgan fingerprint density at radius 1 is 1.17 bits per heavy atom. The van der Waals surface area contributed by atoms with Crippen molar-refractivity contribution in [2.45, 2.75) is 32.3 Å². The van der Waals surface area contributed by atoms with E-state index in [9.17, 15) is 5.11 Å². The van der Waals surface area contributed by atoms with Gasteiger partial charge in [0.25, 0.3) is 0 Å². The van der Waals surface area contributed by atoms with E-state index < -0.39 is 5.60 Å². The van der Waals surface area contributed by atoms with Crippen LogP contribution in [0.3, 0.4) is 0 Å². The molecule has 0 aromatic heterocycles. The maximum absolute atomic E-state index is 10.5. The zero-order valence-electron chi connectivity index (χ0n) is 10.9. The fourth-order valence-electron chi connectivity index (χ4n) is 2.75. The standard InChI is InChI=1S/C15H19NO2/c1-15(2)14(17)13(16-9-5-6-10-16)11-7-3-4-8-12(11)18-15/h3-4,7-8,17H,5-6,9-10H2,1-2H3. The van der Waals surface area contributed by atoms with Crippen LogP contribution >= 0.6 is 0 Å². The van der Waals surface area contributed by atoms with Crippen molar-refractivity contribution in [2.24, 2.45) is 0 Å². The smallest absolute Gasteiger partial charge is 0.162 e. The first-order valence-electron chi connectivity index (χ1n) is 6.57. The Morgan fingerprint density at radius 3 is 2.56 bits per heavy atom. The van der Waals surface area contributed by atoms with E-state index in [2.05, 4.69) is 4.90 Å². The minimum atomic E-state index is -0.647. The zero-order chi connectivity index (χ0) is 12.8. The lowest BCUT2D eigenvalue weighted by molar-refractivity contribution is 0.0879. The molecule has 18 heavy (non-hydrogen) atoms. The summed E-state index contributed by atoms with van der Waals surface area (Å²) in [6.07, 6.45) is 2.39. The first-order chi connectivity index (χ1) is 8.59. The summed E-state index contributed by atoms with van der Waals surface area (Å²) < 4.78 is 5.89. The summed E-state index contributed by atoms with van der Waals surface area (Å²) >= 11 is 0. The number of para-hydroxylation sites is 1. The molecule has 1 fully saturated rings. The Balaban J connectivity index is 2.15. The Morgan fingerprint density at radius 2 is 1.83 bits per heavy atom. The highest BCUT2D eigenvalue weighted by atomic mass is 16.5. The molecule has 96 valence electrons. The van der Waals surface area contributed by atoms with Gasteiger partial charge in [-0.15, -0.1) is 0 Å². The average molecular weight is 245 g/mol. The Hall–Kier alpha value is -1.64. The van der Waals surface area contributed by atoms with Crippen molar-refractivity contribution in [3.8, 4) is 5.75 Å². The van der Waals surface area contributed by atoms with E-state index in [1.165, 1.54) is 12.8 Å². The lowest BCUT2D eigenvalue weighted by Gasteiger charge is -2.36. The lowest BCUT2D eigenvalue weighted by atomic mass is 9.96. The number of ether oxygens (including phenoxy) is 1. The molecule has 3 heteroatoms. The lowest BCUT2D eigenvalue weighted by Crippen LogP contribution is -2.37. The number of nitrogens with zero attached hydrogens (tertiary/aromatic N) is 1. The van der Waals surface area contributed by atoms with Crippen molar-refractivity contribution < 1.29 is 9.84 Å². The van der Waals surface area contributed by atoms with Gasteiger partial charge in [-0.1, -0.05) is 12.1 Å². The average Bonchev–Trinajstić information content (AvgIpc) is 2.84. The topological polar surface area (TPSA) is 32.7 Å². The third kappa shape index (κ3) is 1.65. The molecule has 0 radical (unpaired) electrons. The van der Waals surface area contributed by atoms with Gasteiger partial charge in [-0.05, 0) is 38.8 Å². The van der Waals surface area contributed by atoms with E-state index in [0.717, 1.165) is 30.1 Å². The molecule has 0 unspecified atom stereocenters. The van der Waals surface area contributed by atoms with Crippen LogP contribution in [0, 0.1) is 0 Å². The number of likely N-dealkylation sites (tertiary alicyclic amines) is 1. The summed E-state index contributed by atoms with van der Waals surface area (Å²) in [6.45, 7) is 5.86. The van der Waals surface area contributed by atoms with E-state index in [4.69, 9.17) is 4.74 Å². The molecule has 3 nitrogen and oxygen atoms in total. The van der Waals surface area contributed by atoms with E-state index in [1.54, 1.807) is 0 Å². The fourth-order valence-corrected chi connectivity index (χ4v) is 2.75. The van der Waals surface area contributed by atoms with Gasteiger partial charge in [0.2, 0.25) is 0 Å². The van der Waals surface area contributed by atoms with Gasteiger partial charge in [-0.2, -0.15) is 0 Å². The number of aliphatic hydroxyl groups is 1. The van der Waals surface area contributed by atoms with Gasteiger partial charge < -0.3 is 14.7 Å². The summed E-state index contributed by atoms with van der Waals surface area (Å²) in [5.41, 5.74) is 1.32. The number of hydrogen-bond acceptors (Lipinski definition) is 3. The molecule has 1 N–H and O–H groups in total. The van der Waals surface area contributed by atoms with Gasteiger partial charge >= 0.3 is 0 Å². The minimum Gasteiger partial charge on any atom is -0.506 e. The highest BCUT2D eigenvalue weighted by Gasteiger charge is 2.37. The second-order valence-electron chi connectivity index (χ2n) is 5.50. The molecule has 2 aliphatic heterocycles. The van der Waals surface area contributed by atoms with Gasteiger partial charge in [-0.25, -0.2) is 0 Å². The van der Waals surface area contributed by atoms with Crippen molar-refractivity contribution in [1.29, 1.82) is 0 Å². The molecule has 0 bridgehead atoms. The van der Waals surface area contributed by atoms with Crippen molar-refractivity contribution in [2.75, 3.05) is 13.1 Å². The number of hydrogen-bond donors (Lipinski definition) is 1. The molecule has 2 heterocycles. The summed E-state index contributed by atoms with van der Waals surface area (Å²) in [7, 11) is 0. The molecule has 0 atom stereocenters. The van der Waals surface area contributed by atoms with Gasteiger partial charge in [-0.3, -0.25) is 0 Å². The van der Waals surface area contributed by atoms with Crippen LogP contribution < -0.4 is 4.74 Å². The van der Waals surface area contributed by atoms with Gasteiger partial charge in [0.05, 0.1) is 5.70 Å². The predicted octanol–water partition coefficient (Wildman–Crippen LogP) is 3.18. The van der Waals surface area contributed by atoms with Crippen molar-refractivity contribution in [3.63, 3.8) is 0 Å². The fraction of sp³-hybridized carbons (Fsp3) is 0.467. The molecule has 2 aliphatic rings. The van der Waals surface area contributed by atoms with Crippen LogP contribution in [-0.4, -0.2) is 28.7 Å². The summed E-state index contributed by atoms with van der Waals surface area (Å²) in [5.74, 6) is 1.21. The summed E-state index contributed by atoms with van der Waals surface area (Å²) in [5, 5.41) is 10.5. The molecular weight excluding hydrogens is 226 g/mol. The second kappa shape index (κ2) is 3.94. The number of rotatable bonds is 1. The molecule has 0 saturated carbocycles. The maximum Gasteiger partial charge on any atom is 0.162 e. The van der Waals surface area contributed by atoms with E-state index in [0.29, 0.717) is 5.76 Å². The van der Waals surface area contributed by atoms with Crippen LogP contribution in [0.25, 0.3) is 5.70 Å². The Kier molecular flexibility index (Phi) is 2.51. The highest BCUT2D eigenvalue weighted by molar-refractivity contribution is 5.74. The quantitative estimate of drug-likeness (QED) is 0.824. The van der Waals surface area contributed by atoms with Crippen LogP contribution in [0.1, 0.15) is 32.3 Å². The Labute approximate surface area is 108 Å². The SMILES string of the molecule is CC1(C)Oc2ccccc2C(N2CCCC2)=C1O. The molecule has 1 aromatic rings. The Bertz CT molecular complexity index is 499. The summed E-state index contributed by atoms with van der Waals surface area (Å²) in [6, 6.07) is 7.96. The van der Waals surface area contributed by atoms with Crippen LogP contribution in [0.2, 0.25) is 0 Å². The largest absolute Gasteiger partial charge is 0.506 e. The second-order valence-corrected chi connectivity index (χ2v) is 5.50. The normalized spacial score (nSPS) is 21.8. The van der Waals surface area contributed by atoms with Crippen molar-refractivity contribution in [3.05, 3.63) is 35.6 Å². The molecule has 1 aromatic carbocycles.